The highest BCUT2D eigenvalue weighted by molar-refractivity contribution is 7.99. The summed E-state index contributed by atoms with van der Waals surface area (Å²) in [5, 5.41) is 9.08. The topological polar surface area (TPSA) is 67.8 Å². The third-order valence-corrected chi connectivity index (χ3v) is 7.42. The standard InChI is InChI=1S/C21H39NO4S/c1-3-4-5-6-13-25-14-12-17-18(20-11-10-19(17)26-20)15-27-16(2)8-7-9-21(23)22-24/h16-20,24H,3-15H2,1-2H3,(H,22,23). The van der Waals surface area contributed by atoms with Crippen molar-refractivity contribution in [1.29, 1.82) is 0 Å². The number of hydroxylamine groups is 1. The largest absolute Gasteiger partial charge is 0.381 e. The second-order valence-electron chi connectivity index (χ2n) is 8.15. The van der Waals surface area contributed by atoms with Gasteiger partial charge in [0.1, 0.15) is 0 Å². The maximum atomic E-state index is 11.1. The second kappa shape index (κ2) is 13.0. The summed E-state index contributed by atoms with van der Waals surface area (Å²) in [5.74, 6) is 2.17. The van der Waals surface area contributed by atoms with Crippen LogP contribution in [0.2, 0.25) is 0 Å². The van der Waals surface area contributed by atoms with E-state index in [0.29, 0.717) is 35.7 Å². The number of amides is 1. The number of thioether (sulfide) groups is 1. The van der Waals surface area contributed by atoms with Gasteiger partial charge in [-0.05, 0) is 56.1 Å². The number of carbonyl (C=O) groups excluding carboxylic acids is 1. The van der Waals surface area contributed by atoms with Crippen molar-refractivity contribution < 1.29 is 19.5 Å². The predicted octanol–water partition coefficient (Wildman–Crippen LogP) is 4.56. The van der Waals surface area contributed by atoms with Gasteiger partial charge in [-0.2, -0.15) is 11.8 Å². The van der Waals surface area contributed by atoms with Crippen molar-refractivity contribution in [3.05, 3.63) is 0 Å². The van der Waals surface area contributed by atoms with Gasteiger partial charge in [0.2, 0.25) is 5.91 Å². The molecule has 2 aliphatic heterocycles. The third-order valence-electron chi connectivity index (χ3n) is 6.04. The zero-order valence-corrected chi connectivity index (χ0v) is 18.0. The van der Waals surface area contributed by atoms with Crippen LogP contribution in [0, 0.1) is 11.8 Å². The minimum atomic E-state index is -0.288. The summed E-state index contributed by atoms with van der Waals surface area (Å²) < 4.78 is 12.1. The van der Waals surface area contributed by atoms with Crippen LogP contribution >= 0.6 is 11.8 Å². The fraction of sp³-hybridized carbons (Fsp3) is 0.952. The molecular weight excluding hydrogens is 362 g/mol. The van der Waals surface area contributed by atoms with Crippen LogP contribution in [0.4, 0.5) is 0 Å². The number of ether oxygens (including phenoxy) is 2. The first-order chi connectivity index (χ1) is 13.2. The van der Waals surface area contributed by atoms with Crippen molar-refractivity contribution in [3.63, 3.8) is 0 Å². The molecule has 2 saturated heterocycles. The lowest BCUT2D eigenvalue weighted by Gasteiger charge is -2.28. The summed E-state index contributed by atoms with van der Waals surface area (Å²) in [4.78, 5) is 11.1. The molecule has 2 fully saturated rings. The molecule has 2 heterocycles. The molecule has 2 aliphatic rings. The third kappa shape index (κ3) is 7.92. The van der Waals surface area contributed by atoms with Gasteiger partial charge in [-0.15, -0.1) is 0 Å². The van der Waals surface area contributed by atoms with Gasteiger partial charge in [-0.3, -0.25) is 10.0 Å². The molecule has 0 aromatic heterocycles. The molecule has 5 unspecified atom stereocenters. The van der Waals surface area contributed by atoms with Crippen molar-refractivity contribution >= 4 is 17.7 Å². The molecule has 0 saturated carbocycles. The van der Waals surface area contributed by atoms with Gasteiger partial charge in [-0.1, -0.05) is 33.1 Å². The summed E-state index contributed by atoms with van der Waals surface area (Å²) in [6, 6.07) is 0. The second-order valence-corrected chi connectivity index (χ2v) is 9.62. The first kappa shape index (κ1) is 23.0. The van der Waals surface area contributed by atoms with Gasteiger partial charge in [-0.25, -0.2) is 5.48 Å². The number of hydrogen-bond acceptors (Lipinski definition) is 5. The van der Waals surface area contributed by atoms with Crippen LogP contribution in [-0.2, 0) is 14.3 Å². The number of carbonyl (C=O) groups is 1. The van der Waals surface area contributed by atoms with Gasteiger partial charge in [0.05, 0.1) is 12.2 Å². The molecule has 5 nitrogen and oxygen atoms in total. The highest BCUT2D eigenvalue weighted by atomic mass is 32.2. The summed E-state index contributed by atoms with van der Waals surface area (Å²) >= 11 is 2.01. The van der Waals surface area contributed by atoms with Crippen molar-refractivity contribution in [2.45, 2.75) is 95.5 Å². The minimum absolute atomic E-state index is 0.288. The number of unbranched alkanes of at least 4 members (excludes halogenated alkanes) is 3. The molecule has 6 heteroatoms. The SMILES string of the molecule is CCCCCCOCCC1C2CCC(O2)C1CSC(C)CCCC(=O)NO. The van der Waals surface area contributed by atoms with E-state index in [4.69, 9.17) is 14.7 Å². The highest BCUT2D eigenvalue weighted by Gasteiger charge is 2.48. The minimum Gasteiger partial charge on any atom is -0.381 e. The molecule has 2 bridgehead atoms. The Bertz CT molecular complexity index is 423. The summed E-state index contributed by atoms with van der Waals surface area (Å²) in [6.07, 6.45) is 11.7. The van der Waals surface area contributed by atoms with Gasteiger partial charge in [0.15, 0.2) is 0 Å². The molecule has 2 N–H and O–H groups in total. The van der Waals surface area contributed by atoms with Crippen LogP contribution in [0.3, 0.4) is 0 Å². The molecule has 158 valence electrons. The monoisotopic (exact) mass is 401 g/mol. The Hall–Kier alpha value is -0.300. The zero-order valence-electron chi connectivity index (χ0n) is 17.2. The summed E-state index contributed by atoms with van der Waals surface area (Å²) in [5.41, 5.74) is 1.70. The Balaban J connectivity index is 1.62. The fourth-order valence-corrected chi connectivity index (χ4v) is 5.76. The van der Waals surface area contributed by atoms with E-state index < -0.39 is 0 Å². The smallest absolute Gasteiger partial charge is 0.243 e. The number of fused-ring (bicyclic) bond motifs is 2. The molecule has 5 atom stereocenters. The first-order valence-corrected chi connectivity index (χ1v) is 12.0. The van der Waals surface area contributed by atoms with E-state index in [9.17, 15) is 4.79 Å². The highest BCUT2D eigenvalue weighted by Crippen LogP contribution is 2.46. The number of rotatable bonds is 15. The van der Waals surface area contributed by atoms with Crippen molar-refractivity contribution in [2.75, 3.05) is 19.0 Å². The predicted molar refractivity (Wildman–Crippen MR) is 110 cm³/mol. The van der Waals surface area contributed by atoms with E-state index in [2.05, 4.69) is 13.8 Å². The average molecular weight is 402 g/mol. The van der Waals surface area contributed by atoms with Gasteiger partial charge in [0, 0.05) is 24.9 Å². The Morgan fingerprint density at radius 2 is 1.96 bits per heavy atom. The van der Waals surface area contributed by atoms with E-state index in [1.165, 1.54) is 38.5 Å². The van der Waals surface area contributed by atoms with Crippen molar-refractivity contribution in [3.8, 4) is 0 Å². The number of nitrogens with one attached hydrogen (secondary N) is 1. The lowest BCUT2D eigenvalue weighted by molar-refractivity contribution is -0.129. The Morgan fingerprint density at radius 1 is 1.19 bits per heavy atom. The first-order valence-electron chi connectivity index (χ1n) is 10.9. The van der Waals surface area contributed by atoms with Gasteiger partial charge in [0.25, 0.3) is 0 Å². The van der Waals surface area contributed by atoms with Crippen LogP contribution < -0.4 is 5.48 Å². The van der Waals surface area contributed by atoms with Crippen LogP contribution in [0.1, 0.15) is 78.1 Å². The van der Waals surface area contributed by atoms with Crippen molar-refractivity contribution in [1.82, 2.24) is 5.48 Å². The molecular formula is C21H39NO4S. The van der Waals surface area contributed by atoms with E-state index >= 15 is 0 Å². The quantitative estimate of drug-likeness (QED) is 0.239. The lowest BCUT2D eigenvalue weighted by atomic mass is 9.79. The fourth-order valence-electron chi connectivity index (χ4n) is 4.42. The van der Waals surface area contributed by atoms with Crippen LogP contribution in [0.15, 0.2) is 0 Å². The lowest BCUT2D eigenvalue weighted by Crippen LogP contribution is -2.30. The van der Waals surface area contributed by atoms with Crippen LogP contribution in [0.25, 0.3) is 0 Å². The van der Waals surface area contributed by atoms with Crippen LogP contribution in [0.5, 0.6) is 0 Å². The maximum Gasteiger partial charge on any atom is 0.243 e. The van der Waals surface area contributed by atoms with E-state index in [-0.39, 0.29) is 5.91 Å². The Kier molecular flexibility index (Phi) is 11.1. The molecule has 0 aromatic rings. The van der Waals surface area contributed by atoms with Crippen LogP contribution in [-0.4, -0.2) is 47.5 Å². The van der Waals surface area contributed by atoms with Crippen molar-refractivity contribution in [2.24, 2.45) is 11.8 Å². The molecule has 1 amide bonds. The summed E-state index contributed by atoms with van der Waals surface area (Å²) in [6.45, 7) is 6.25. The average Bonchev–Trinajstić information content (AvgIpc) is 3.27. The van der Waals surface area contributed by atoms with E-state index in [1.807, 2.05) is 11.8 Å². The molecule has 27 heavy (non-hydrogen) atoms. The van der Waals surface area contributed by atoms with Gasteiger partial charge < -0.3 is 9.47 Å². The number of hydrogen-bond donors (Lipinski definition) is 2. The maximum absolute atomic E-state index is 11.1. The Labute approximate surface area is 169 Å². The van der Waals surface area contributed by atoms with E-state index in [1.54, 1.807) is 5.48 Å². The zero-order chi connectivity index (χ0) is 19.5. The molecule has 0 aliphatic carbocycles. The Morgan fingerprint density at radius 3 is 2.70 bits per heavy atom. The van der Waals surface area contributed by atoms with Gasteiger partial charge >= 0.3 is 0 Å². The van der Waals surface area contributed by atoms with E-state index in [0.717, 1.165) is 38.2 Å². The molecule has 0 radical (unpaired) electrons. The summed E-state index contributed by atoms with van der Waals surface area (Å²) in [7, 11) is 0. The molecule has 2 rings (SSSR count). The molecule has 0 spiro atoms. The normalized spacial score (nSPS) is 27.8. The molecule has 0 aromatic carbocycles.